The molecule has 2 atom stereocenters. The van der Waals surface area contributed by atoms with Gasteiger partial charge in [-0.2, -0.15) is 8.78 Å². The molecule has 146 valence electrons. The van der Waals surface area contributed by atoms with E-state index in [-0.39, 0.29) is 11.7 Å². The van der Waals surface area contributed by atoms with E-state index in [1.54, 1.807) is 6.92 Å². The van der Waals surface area contributed by atoms with Crippen LogP contribution in [0.25, 0.3) is 0 Å². The Morgan fingerprint density at radius 3 is 2.63 bits per heavy atom. The van der Waals surface area contributed by atoms with Crippen LogP contribution in [0.5, 0.6) is 0 Å². The number of rotatable bonds is 7. The van der Waals surface area contributed by atoms with Crippen molar-refractivity contribution in [1.82, 2.24) is 4.90 Å². The summed E-state index contributed by atoms with van der Waals surface area (Å²) >= 11 is 0. The first-order valence-electron chi connectivity index (χ1n) is 8.81. The van der Waals surface area contributed by atoms with Gasteiger partial charge < -0.3 is 4.74 Å². The van der Waals surface area contributed by atoms with Crippen LogP contribution >= 0.6 is 0 Å². The third-order valence-corrected chi connectivity index (χ3v) is 4.61. The Bertz CT molecular complexity index is 718. The molecule has 0 radical (unpaired) electrons. The Morgan fingerprint density at radius 1 is 1.33 bits per heavy atom. The van der Waals surface area contributed by atoms with Crippen LogP contribution in [0.4, 0.5) is 13.6 Å². The highest BCUT2D eigenvalue weighted by molar-refractivity contribution is 5.99. The monoisotopic (exact) mass is 379 g/mol. The van der Waals surface area contributed by atoms with Crippen molar-refractivity contribution in [1.29, 1.82) is 0 Å². The summed E-state index contributed by atoms with van der Waals surface area (Å²) in [6.07, 6.45) is 2.68. The van der Waals surface area contributed by atoms with Gasteiger partial charge in [-0.3, -0.25) is 9.59 Å². The average Bonchev–Trinajstić information content (AvgIpc) is 2.88. The van der Waals surface area contributed by atoms with E-state index in [4.69, 9.17) is 0 Å². The Balaban J connectivity index is 1.91. The molecule has 1 aliphatic heterocycles. The molecule has 5 nitrogen and oxygen atoms in total. The SMILES string of the molecule is COC(=O)N1C(=O)C(F)(F)C[C@@H]1/C=C/C(=O)[C@@H](C)CCCc1ccccc1. The predicted octanol–water partition coefficient (Wildman–Crippen LogP) is 3.77. The second kappa shape index (κ2) is 8.88. The molecule has 2 amide bonds. The molecule has 1 heterocycles. The molecule has 0 N–H and O–H groups in total. The van der Waals surface area contributed by atoms with Crippen LogP contribution in [0.3, 0.4) is 0 Å². The van der Waals surface area contributed by atoms with E-state index in [0.29, 0.717) is 11.3 Å². The lowest BCUT2D eigenvalue weighted by atomic mass is 9.96. The molecule has 1 aromatic carbocycles. The molecule has 0 unspecified atom stereocenters. The number of imide groups is 1. The van der Waals surface area contributed by atoms with E-state index in [0.717, 1.165) is 20.0 Å². The first kappa shape index (κ1) is 20.7. The number of hydrogen-bond donors (Lipinski definition) is 0. The molecule has 2 rings (SSSR count). The van der Waals surface area contributed by atoms with E-state index in [9.17, 15) is 23.2 Å². The fourth-order valence-corrected chi connectivity index (χ4v) is 3.01. The molecule has 0 aromatic heterocycles. The first-order chi connectivity index (χ1) is 12.8. The maximum atomic E-state index is 13.6. The van der Waals surface area contributed by atoms with Gasteiger partial charge in [0.1, 0.15) is 0 Å². The maximum absolute atomic E-state index is 13.6. The smallest absolute Gasteiger partial charge is 0.416 e. The van der Waals surface area contributed by atoms with Crippen LogP contribution in [-0.2, 0) is 20.7 Å². The van der Waals surface area contributed by atoms with Gasteiger partial charge in [0.15, 0.2) is 5.78 Å². The minimum atomic E-state index is -3.65. The van der Waals surface area contributed by atoms with Crippen LogP contribution in [0.15, 0.2) is 42.5 Å². The second-order valence-electron chi connectivity index (χ2n) is 6.66. The van der Waals surface area contributed by atoms with Gasteiger partial charge >= 0.3 is 17.9 Å². The Labute approximate surface area is 157 Å². The Kier molecular flexibility index (Phi) is 6.82. The molecular weight excluding hydrogens is 356 g/mol. The first-order valence-corrected chi connectivity index (χ1v) is 8.81. The highest BCUT2D eigenvalue weighted by atomic mass is 19.3. The lowest BCUT2D eigenvalue weighted by molar-refractivity contribution is -0.146. The number of carbonyl (C=O) groups is 3. The quantitative estimate of drug-likeness (QED) is 0.677. The fourth-order valence-electron chi connectivity index (χ4n) is 3.01. The Hall–Kier alpha value is -2.57. The van der Waals surface area contributed by atoms with Gasteiger partial charge in [0.25, 0.3) is 0 Å². The van der Waals surface area contributed by atoms with Crippen molar-refractivity contribution in [2.75, 3.05) is 7.11 Å². The van der Waals surface area contributed by atoms with E-state index in [1.807, 2.05) is 30.3 Å². The topological polar surface area (TPSA) is 63.7 Å². The lowest BCUT2D eigenvalue weighted by Gasteiger charge is -2.17. The summed E-state index contributed by atoms with van der Waals surface area (Å²) in [5.41, 5.74) is 1.19. The number of aryl methyl sites for hydroxylation is 1. The molecule has 7 heteroatoms. The average molecular weight is 379 g/mol. The summed E-state index contributed by atoms with van der Waals surface area (Å²) < 4.78 is 31.6. The van der Waals surface area contributed by atoms with Crippen molar-refractivity contribution in [3.8, 4) is 0 Å². The molecule has 0 aliphatic carbocycles. The number of nitrogens with zero attached hydrogens (tertiary/aromatic N) is 1. The summed E-state index contributed by atoms with van der Waals surface area (Å²) in [5, 5.41) is 0. The van der Waals surface area contributed by atoms with Gasteiger partial charge in [-0.15, -0.1) is 0 Å². The fraction of sp³-hybridized carbons (Fsp3) is 0.450. The number of ether oxygens (including phenoxy) is 1. The number of carbonyl (C=O) groups excluding carboxylic acids is 3. The van der Waals surface area contributed by atoms with Gasteiger partial charge in [-0.25, -0.2) is 9.69 Å². The van der Waals surface area contributed by atoms with Crippen LogP contribution in [0.2, 0.25) is 0 Å². The Morgan fingerprint density at radius 2 is 2.00 bits per heavy atom. The molecule has 0 bridgehead atoms. The van der Waals surface area contributed by atoms with E-state index >= 15 is 0 Å². The minimum absolute atomic E-state index is 0.226. The van der Waals surface area contributed by atoms with E-state index in [2.05, 4.69) is 4.74 Å². The summed E-state index contributed by atoms with van der Waals surface area (Å²) in [7, 11) is 1.01. The number of allylic oxidation sites excluding steroid dienone is 1. The van der Waals surface area contributed by atoms with Crippen molar-refractivity contribution in [2.24, 2.45) is 5.92 Å². The largest absolute Gasteiger partial charge is 0.452 e. The second-order valence-corrected chi connectivity index (χ2v) is 6.66. The number of methoxy groups -OCH3 is 1. The third-order valence-electron chi connectivity index (χ3n) is 4.61. The number of benzene rings is 1. The predicted molar refractivity (Wildman–Crippen MR) is 95.3 cm³/mol. The van der Waals surface area contributed by atoms with Crippen molar-refractivity contribution in [2.45, 2.75) is 44.6 Å². The molecule has 1 aliphatic rings. The molecule has 1 aromatic rings. The zero-order valence-electron chi connectivity index (χ0n) is 15.4. The molecule has 1 saturated heterocycles. The summed E-state index contributed by atoms with van der Waals surface area (Å²) in [5.74, 6) is -5.76. The van der Waals surface area contributed by atoms with Crippen molar-refractivity contribution < 1.29 is 27.9 Å². The molecule has 0 spiro atoms. The van der Waals surface area contributed by atoms with Crippen LogP contribution < -0.4 is 0 Å². The third kappa shape index (κ3) is 5.21. The van der Waals surface area contributed by atoms with Crippen molar-refractivity contribution in [3.63, 3.8) is 0 Å². The van der Waals surface area contributed by atoms with Gasteiger partial charge in [0.2, 0.25) is 0 Å². The number of likely N-dealkylation sites (tertiary alicyclic amines) is 1. The molecular formula is C20H23F2NO4. The maximum Gasteiger partial charge on any atom is 0.416 e. The summed E-state index contributed by atoms with van der Waals surface area (Å²) in [4.78, 5) is 35.9. The van der Waals surface area contributed by atoms with E-state index < -0.39 is 30.4 Å². The number of ketones is 1. The zero-order valence-corrected chi connectivity index (χ0v) is 15.4. The zero-order chi connectivity index (χ0) is 20.0. The lowest BCUT2D eigenvalue weighted by Crippen LogP contribution is -2.40. The van der Waals surface area contributed by atoms with Crippen LogP contribution in [0.1, 0.15) is 31.7 Å². The molecule has 0 saturated carbocycles. The number of hydrogen-bond acceptors (Lipinski definition) is 4. The van der Waals surface area contributed by atoms with Crippen LogP contribution in [-0.4, -0.2) is 41.8 Å². The molecule has 1 fully saturated rings. The number of alkyl halides is 2. The normalized spacial score (nSPS) is 20.1. The molecule has 27 heavy (non-hydrogen) atoms. The van der Waals surface area contributed by atoms with Crippen molar-refractivity contribution in [3.05, 3.63) is 48.0 Å². The van der Waals surface area contributed by atoms with Gasteiger partial charge in [0, 0.05) is 12.3 Å². The van der Waals surface area contributed by atoms with Crippen LogP contribution in [0, 0.1) is 5.92 Å². The standard InChI is InChI=1S/C20H23F2NO4/c1-14(7-6-10-15-8-4-3-5-9-15)17(24)12-11-16-13-20(21,22)18(25)23(16)19(26)27-2/h3-5,8-9,11-12,14,16H,6-7,10,13H2,1-2H3/b12-11+/t14-,16-/m0/s1. The number of halogens is 2. The van der Waals surface area contributed by atoms with E-state index in [1.165, 1.54) is 17.7 Å². The highest BCUT2D eigenvalue weighted by Gasteiger charge is 2.55. The van der Waals surface area contributed by atoms with Gasteiger partial charge in [0.05, 0.1) is 13.2 Å². The summed E-state index contributed by atoms with van der Waals surface area (Å²) in [6, 6.07) is 8.70. The minimum Gasteiger partial charge on any atom is -0.452 e. The number of amides is 2. The van der Waals surface area contributed by atoms with Gasteiger partial charge in [-0.05, 0) is 30.9 Å². The summed E-state index contributed by atoms with van der Waals surface area (Å²) in [6.45, 7) is 1.77. The highest BCUT2D eigenvalue weighted by Crippen LogP contribution is 2.34. The van der Waals surface area contributed by atoms with Crippen molar-refractivity contribution >= 4 is 17.8 Å². The van der Waals surface area contributed by atoms with Gasteiger partial charge in [-0.1, -0.05) is 43.3 Å².